The van der Waals surface area contributed by atoms with E-state index in [2.05, 4.69) is 83.7 Å². The molecule has 0 spiro atoms. The predicted octanol–water partition coefficient (Wildman–Crippen LogP) is 8.69. The van der Waals surface area contributed by atoms with Crippen LogP contribution in [0.25, 0.3) is 0 Å². The Bertz CT molecular complexity index is 760. The van der Waals surface area contributed by atoms with E-state index < -0.39 is 0 Å². The van der Waals surface area contributed by atoms with Crippen molar-refractivity contribution < 1.29 is 0 Å². The molecule has 2 saturated carbocycles. The normalized spacial score (nSPS) is 35.4. The number of hydrogen-bond donors (Lipinski definition) is 0. The third-order valence-corrected chi connectivity index (χ3v) is 9.06. The van der Waals surface area contributed by atoms with Gasteiger partial charge in [-0.25, -0.2) is 0 Å². The first-order chi connectivity index (χ1) is 14.2. The van der Waals surface area contributed by atoms with Crippen LogP contribution < -0.4 is 0 Å². The van der Waals surface area contributed by atoms with Gasteiger partial charge in [0, 0.05) is 0 Å². The molecular formula is C30H44. The second kappa shape index (κ2) is 8.33. The molecule has 2 fully saturated rings. The van der Waals surface area contributed by atoms with E-state index in [1.54, 1.807) is 5.57 Å². The Morgan fingerprint density at radius 1 is 0.933 bits per heavy atom. The Hall–Kier alpha value is -1.30. The molecule has 4 aliphatic rings. The van der Waals surface area contributed by atoms with Gasteiger partial charge in [0.05, 0.1) is 0 Å². The summed E-state index contributed by atoms with van der Waals surface area (Å²) in [4.78, 5) is 0. The third kappa shape index (κ3) is 4.09. The van der Waals surface area contributed by atoms with Crippen molar-refractivity contribution in [2.45, 2.75) is 79.6 Å². The third-order valence-electron chi connectivity index (χ3n) is 9.06. The fraction of sp³-hybridized carbons (Fsp3) is 0.667. The fourth-order valence-electron chi connectivity index (χ4n) is 7.26. The summed E-state index contributed by atoms with van der Waals surface area (Å²) in [7, 11) is 0. The molecule has 30 heavy (non-hydrogen) atoms. The maximum Gasteiger partial charge on any atom is -0.00954 e. The van der Waals surface area contributed by atoms with Gasteiger partial charge < -0.3 is 0 Å². The minimum Gasteiger partial charge on any atom is -0.103 e. The van der Waals surface area contributed by atoms with Crippen LogP contribution in [0.15, 0.2) is 60.3 Å². The van der Waals surface area contributed by atoms with Gasteiger partial charge in [-0.15, -0.1) is 6.58 Å². The summed E-state index contributed by atoms with van der Waals surface area (Å²) in [6.07, 6.45) is 27.1. The molecule has 0 saturated heterocycles. The summed E-state index contributed by atoms with van der Waals surface area (Å²) >= 11 is 0. The topological polar surface area (TPSA) is 0 Å². The van der Waals surface area contributed by atoms with Crippen LogP contribution in [0.5, 0.6) is 0 Å². The lowest BCUT2D eigenvalue weighted by atomic mass is 9.64. The second-order valence-corrected chi connectivity index (χ2v) is 12.1. The molecule has 164 valence electrons. The van der Waals surface area contributed by atoms with Crippen molar-refractivity contribution in [2.24, 2.45) is 46.3 Å². The van der Waals surface area contributed by atoms with Gasteiger partial charge in [-0.05, 0) is 90.9 Å². The van der Waals surface area contributed by atoms with Crippen LogP contribution in [0.2, 0.25) is 0 Å². The zero-order valence-electron chi connectivity index (χ0n) is 20.2. The van der Waals surface area contributed by atoms with Crippen molar-refractivity contribution >= 4 is 0 Å². The monoisotopic (exact) mass is 404 g/mol. The van der Waals surface area contributed by atoms with E-state index in [9.17, 15) is 0 Å². The van der Waals surface area contributed by atoms with Crippen molar-refractivity contribution in [2.75, 3.05) is 0 Å². The average molecular weight is 405 g/mol. The van der Waals surface area contributed by atoms with Gasteiger partial charge in [0.25, 0.3) is 0 Å². The molecule has 0 aliphatic heterocycles. The predicted molar refractivity (Wildman–Crippen MR) is 131 cm³/mol. The summed E-state index contributed by atoms with van der Waals surface area (Å²) in [6, 6.07) is 0. The molecule has 0 amide bonds. The molecule has 6 unspecified atom stereocenters. The highest BCUT2D eigenvalue weighted by Crippen LogP contribution is 2.58. The maximum absolute atomic E-state index is 4.06. The van der Waals surface area contributed by atoms with Gasteiger partial charge in [0.15, 0.2) is 0 Å². The molecule has 0 aromatic rings. The molecule has 0 aromatic heterocycles. The SMILES string of the molecule is C=CCCC(C)(CC1C2C=C(C)C=CC2C2C=CC(C(C)(C)C)=CC21)C1CCCC1. The zero-order chi connectivity index (χ0) is 21.5. The molecule has 4 aliphatic carbocycles. The van der Waals surface area contributed by atoms with Crippen LogP contribution in [-0.2, 0) is 0 Å². The van der Waals surface area contributed by atoms with E-state index in [0.717, 1.165) is 11.8 Å². The lowest BCUT2D eigenvalue weighted by Crippen LogP contribution is -2.32. The van der Waals surface area contributed by atoms with E-state index in [4.69, 9.17) is 0 Å². The molecule has 0 N–H and O–H groups in total. The van der Waals surface area contributed by atoms with Crippen molar-refractivity contribution in [3.63, 3.8) is 0 Å². The van der Waals surface area contributed by atoms with E-state index in [-0.39, 0.29) is 5.41 Å². The highest BCUT2D eigenvalue weighted by atomic mass is 14.5. The van der Waals surface area contributed by atoms with Gasteiger partial charge in [-0.2, -0.15) is 0 Å². The lowest BCUT2D eigenvalue weighted by molar-refractivity contribution is 0.108. The molecule has 0 heteroatoms. The fourth-order valence-corrected chi connectivity index (χ4v) is 7.26. The first-order valence-electron chi connectivity index (χ1n) is 12.6. The highest BCUT2D eigenvalue weighted by Gasteiger charge is 2.51. The number of rotatable bonds is 6. The van der Waals surface area contributed by atoms with Crippen LogP contribution >= 0.6 is 0 Å². The Balaban J connectivity index is 1.69. The van der Waals surface area contributed by atoms with Gasteiger partial charge >= 0.3 is 0 Å². The van der Waals surface area contributed by atoms with Gasteiger partial charge in [-0.1, -0.05) is 88.6 Å². The molecular weight excluding hydrogens is 360 g/mol. The van der Waals surface area contributed by atoms with Crippen LogP contribution in [0.3, 0.4) is 0 Å². The highest BCUT2D eigenvalue weighted by molar-refractivity contribution is 5.37. The minimum absolute atomic E-state index is 0.235. The summed E-state index contributed by atoms with van der Waals surface area (Å²) in [5, 5.41) is 0. The Labute approximate surface area is 186 Å². The minimum atomic E-state index is 0.235. The van der Waals surface area contributed by atoms with Crippen LogP contribution in [0.1, 0.15) is 79.6 Å². The molecule has 0 bridgehead atoms. The van der Waals surface area contributed by atoms with Crippen LogP contribution in [0, 0.1) is 46.3 Å². The molecule has 0 aromatic carbocycles. The van der Waals surface area contributed by atoms with E-state index in [1.165, 1.54) is 50.5 Å². The van der Waals surface area contributed by atoms with Gasteiger partial charge in [0.1, 0.15) is 0 Å². The number of hydrogen-bond acceptors (Lipinski definition) is 0. The smallest absolute Gasteiger partial charge is 0.00954 e. The molecule has 0 nitrogen and oxygen atoms in total. The van der Waals surface area contributed by atoms with Crippen molar-refractivity contribution in [1.82, 2.24) is 0 Å². The first-order valence-corrected chi connectivity index (χ1v) is 12.6. The maximum atomic E-state index is 4.06. The summed E-state index contributed by atoms with van der Waals surface area (Å²) in [5.74, 6) is 4.43. The molecule has 6 atom stereocenters. The van der Waals surface area contributed by atoms with Gasteiger partial charge in [0.2, 0.25) is 0 Å². The summed E-state index contributed by atoms with van der Waals surface area (Å²) in [6.45, 7) is 16.1. The largest absolute Gasteiger partial charge is 0.103 e. The van der Waals surface area contributed by atoms with E-state index >= 15 is 0 Å². The van der Waals surface area contributed by atoms with E-state index in [0.29, 0.717) is 29.1 Å². The molecule has 0 radical (unpaired) electrons. The second-order valence-electron chi connectivity index (χ2n) is 12.1. The van der Waals surface area contributed by atoms with Crippen molar-refractivity contribution in [3.8, 4) is 0 Å². The Kier molecular flexibility index (Phi) is 6.08. The number of allylic oxidation sites excluding steroid dienone is 9. The Morgan fingerprint density at radius 2 is 1.57 bits per heavy atom. The number of fused-ring (bicyclic) bond motifs is 3. The molecule has 4 rings (SSSR count). The average Bonchev–Trinajstić information content (AvgIpc) is 3.33. The zero-order valence-corrected chi connectivity index (χ0v) is 20.2. The van der Waals surface area contributed by atoms with Crippen LogP contribution in [-0.4, -0.2) is 0 Å². The van der Waals surface area contributed by atoms with Crippen molar-refractivity contribution in [3.05, 3.63) is 60.3 Å². The van der Waals surface area contributed by atoms with Crippen LogP contribution in [0.4, 0.5) is 0 Å². The standard InChI is InChI=1S/C30H44/c1-7-8-17-30(6,22-11-9-10-12-22)20-28-26-18-21(2)13-15-24(26)25-16-14-23(19-27(25)28)29(3,4)5/h7,13-16,18-19,22,24-28H,1,8-12,17,20H2,2-6H3. The summed E-state index contributed by atoms with van der Waals surface area (Å²) in [5.41, 5.74) is 3.71. The lowest BCUT2D eigenvalue weighted by Gasteiger charge is -2.41. The molecule has 0 heterocycles. The quantitative estimate of drug-likeness (QED) is 0.388. The first kappa shape index (κ1) is 21.9. The Morgan fingerprint density at radius 3 is 2.20 bits per heavy atom. The summed E-state index contributed by atoms with van der Waals surface area (Å²) < 4.78 is 0. The van der Waals surface area contributed by atoms with Gasteiger partial charge in [-0.3, -0.25) is 0 Å². The van der Waals surface area contributed by atoms with Crippen molar-refractivity contribution in [1.29, 1.82) is 0 Å². The van der Waals surface area contributed by atoms with E-state index in [1.807, 2.05) is 0 Å².